The Morgan fingerprint density at radius 1 is 1.12 bits per heavy atom. The molecule has 2 aromatic rings. The van der Waals surface area contributed by atoms with E-state index in [2.05, 4.69) is 54.9 Å². The van der Waals surface area contributed by atoms with Gasteiger partial charge in [0.05, 0.1) is 0 Å². The van der Waals surface area contributed by atoms with Gasteiger partial charge in [-0.2, -0.15) is 0 Å². The van der Waals surface area contributed by atoms with Crippen LogP contribution in [0.1, 0.15) is 16.7 Å². The molecule has 0 bridgehead atoms. The maximum Gasteiger partial charge on any atom is 0.0494 e. The third-order valence-electron chi connectivity index (χ3n) is 2.63. The fourth-order valence-electron chi connectivity index (χ4n) is 1.68. The normalized spacial score (nSPS) is 10.5. The molecule has 3 heteroatoms. The Labute approximate surface area is 111 Å². The van der Waals surface area contributed by atoms with Crippen molar-refractivity contribution in [2.24, 2.45) is 0 Å². The molecule has 0 spiro atoms. The third-order valence-corrected chi connectivity index (χ3v) is 4.65. The van der Waals surface area contributed by atoms with E-state index in [-0.39, 0.29) is 0 Å². The lowest BCUT2D eigenvalue weighted by atomic mass is 10.3. The van der Waals surface area contributed by atoms with E-state index in [1.165, 1.54) is 20.3 Å². The molecule has 0 radical (unpaired) electrons. The minimum atomic E-state index is 0.919. The Kier molecular flexibility index (Phi) is 4.51. The predicted octanol–water partition coefficient (Wildman–Crippen LogP) is 4.64. The van der Waals surface area contributed by atoms with Gasteiger partial charge in [0.15, 0.2) is 0 Å². The predicted molar refractivity (Wildman–Crippen MR) is 79.2 cm³/mol. The van der Waals surface area contributed by atoms with Crippen LogP contribution in [0.5, 0.6) is 0 Å². The van der Waals surface area contributed by atoms with Crippen molar-refractivity contribution in [1.82, 2.24) is 0 Å². The molecule has 0 aliphatic carbocycles. The second-order valence-corrected chi connectivity index (χ2v) is 5.88. The van der Waals surface area contributed by atoms with E-state index >= 15 is 0 Å². The summed E-state index contributed by atoms with van der Waals surface area (Å²) in [6.45, 7) is 3.12. The number of hydrogen-bond acceptors (Lipinski definition) is 3. The number of nitrogens with one attached hydrogen (secondary N) is 1. The van der Waals surface area contributed by atoms with Gasteiger partial charge in [-0.05, 0) is 36.9 Å². The van der Waals surface area contributed by atoms with E-state index in [9.17, 15) is 0 Å². The number of thiophene rings is 1. The van der Waals surface area contributed by atoms with Crippen LogP contribution >= 0.6 is 23.1 Å². The van der Waals surface area contributed by atoms with E-state index in [1.807, 2.05) is 11.3 Å². The van der Waals surface area contributed by atoms with Gasteiger partial charge < -0.3 is 5.32 Å². The second-order valence-electron chi connectivity index (χ2n) is 3.78. The Hall–Kier alpha value is -0.930. The topological polar surface area (TPSA) is 12.0 Å². The SMILES string of the molecule is CCc1ccc(CNc2ccccc2SC)s1. The number of benzene rings is 1. The average Bonchev–Trinajstić information content (AvgIpc) is 2.84. The number of thioether (sulfide) groups is 1. The van der Waals surface area contributed by atoms with Crippen LogP contribution in [0.15, 0.2) is 41.3 Å². The number of hydrogen-bond donors (Lipinski definition) is 1. The zero-order valence-electron chi connectivity index (χ0n) is 10.2. The zero-order chi connectivity index (χ0) is 12.1. The summed E-state index contributed by atoms with van der Waals surface area (Å²) in [5.41, 5.74) is 1.23. The molecule has 1 heterocycles. The van der Waals surface area contributed by atoms with Crippen LogP contribution in [0.4, 0.5) is 5.69 Å². The van der Waals surface area contributed by atoms with Crippen molar-refractivity contribution in [3.05, 3.63) is 46.2 Å². The van der Waals surface area contributed by atoms with Crippen LogP contribution < -0.4 is 5.32 Å². The summed E-state index contributed by atoms with van der Waals surface area (Å²) in [4.78, 5) is 4.16. The minimum Gasteiger partial charge on any atom is -0.379 e. The van der Waals surface area contributed by atoms with Gasteiger partial charge >= 0.3 is 0 Å². The lowest BCUT2D eigenvalue weighted by Crippen LogP contribution is -1.98. The highest BCUT2D eigenvalue weighted by molar-refractivity contribution is 7.98. The first-order valence-electron chi connectivity index (χ1n) is 5.78. The zero-order valence-corrected chi connectivity index (χ0v) is 11.8. The maximum absolute atomic E-state index is 3.51. The quantitative estimate of drug-likeness (QED) is 0.788. The van der Waals surface area contributed by atoms with E-state index in [1.54, 1.807) is 11.8 Å². The summed E-state index contributed by atoms with van der Waals surface area (Å²) in [6, 6.07) is 12.9. The van der Waals surface area contributed by atoms with Crippen molar-refractivity contribution >= 4 is 28.8 Å². The molecule has 1 nitrogen and oxygen atoms in total. The molecule has 0 aliphatic heterocycles. The first-order chi connectivity index (χ1) is 8.33. The molecule has 0 aliphatic rings. The molecule has 0 amide bonds. The molecule has 1 aromatic carbocycles. The van der Waals surface area contributed by atoms with Crippen LogP contribution in [-0.4, -0.2) is 6.26 Å². The van der Waals surface area contributed by atoms with Gasteiger partial charge in [-0.3, -0.25) is 0 Å². The molecule has 1 N–H and O–H groups in total. The van der Waals surface area contributed by atoms with Crippen molar-refractivity contribution in [2.45, 2.75) is 24.8 Å². The molecule has 0 unspecified atom stereocenters. The summed E-state index contributed by atoms with van der Waals surface area (Å²) < 4.78 is 0. The first kappa shape index (κ1) is 12.5. The van der Waals surface area contributed by atoms with Gasteiger partial charge in [0.25, 0.3) is 0 Å². The molecule has 0 saturated carbocycles. The van der Waals surface area contributed by atoms with E-state index in [0.717, 1.165) is 13.0 Å². The van der Waals surface area contributed by atoms with Crippen LogP contribution in [0, 0.1) is 0 Å². The van der Waals surface area contributed by atoms with Gasteiger partial charge in [0.1, 0.15) is 0 Å². The first-order valence-corrected chi connectivity index (χ1v) is 7.82. The molecule has 2 rings (SSSR count). The molecular weight excluding hydrogens is 246 g/mol. The maximum atomic E-state index is 3.51. The third kappa shape index (κ3) is 3.27. The highest BCUT2D eigenvalue weighted by Crippen LogP contribution is 2.26. The Morgan fingerprint density at radius 3 is 2.59 bits per heavy atom. The molecule has 90 valence electrons. The lowest BCUT2D eigenvalue weighted by Gasteiger charge is -2.08. The van der Waals surface area contributed by atoms with Crippen LogP contribution in [0.3, 0.4) is 0 Å². The van der Waals surface area contributed by atoms with E-state index in [4.69, 9.17) is 0 Å². The van der Waals surface area contributed by atoms with Gasteiger partial charge in [-0.15, -0.1) is 23.1 Å². The fraction of sp³-hybridized carbons (Fsp3) is 0.286. The number of rotatable bonds is 5. The Balaban J connectivity index is 2.01. The molecule has 1 aromatic heterocycles. The second kappa shape index (κ2) is 6.12. The smallest absolute Gasteiger partial charge is 0.0494 e. The standard InChI is InChI=1S/C14H17NS2/c1-3-11-8-9-12(17-11)10-15-13-6-4-5-7-14(13)16-2/h4-9,15H,3,10H2,1-2H3. The minimum absolute atomic E-state index is 0.919. The van der Waals surface area contributed by atoms with Gasteiger partial charge in [-0.1, -0.05) is 19.1 Å². The van der Waals surface area contributed by atoms with Crippen molar-refractivity contribution in [3.8, 4) is 0 Å². The number of aryl methyl sites for hydroxylation is 1. The van der Waals surface area contributed by atoms with Crippen LogP contribution in [0.25, 0.3) is 0 Å². The molecule has 0 fully saturated rings. The Morgan fingerprint density at radius 2 is 1.88 bits per heavy atom. The number of anilines is 1. The summed E-state index contributed by atoms with van der Waals surface area (Å²) >= 11 is 3.68. The average molecular weight is 263 g/mol. The molecule has 17 heavy (non-hydrogen) atoms. The summed E-state index contributed by atoms with van der Waals surface area (Å²) in [5.74, 6) is 0. The largest absolute Gasteiger partial charge is 0.379 e. The summed E-state index contributed by atoms with van der Waals surface area (Å²) in [7, 11) is 0. The van der Waals surface area contributed by atoms with Crippen LogP contribution in [0.2, 0.25) is 0 Å². The van der Waals surface area contributed by atoms with Crippen molar-refractivity contribution in [3.63, 3.8) is 0 Å². The van der Waals surface area contributed by atoms with Gasteiger partial charge in [-0.25, -0.2) is 0 Å². The van der Waals surface area contributed by atoms with Crippen molar-refractivity contribution in [1.29, 1.82) is 0 Å². The highest BCUT2D eigenvalue weighted by atomic mass is 32.2. The highest BCUT2D eigenvalue weighted by Gasteiger charge is 2.01. The van der Waals surface area contributed by atoms with Crippen molar-refractivity contribution < 1.29 is 0 Å². The van der Waals surface area contributed by atoms with Crippen LogP contribution in [-0.2, 0) is 13.0 Å². The monoisotopic (exact) mass is 263 g/mol. The fourth-order valence-corrected chi connectivity index (χ4v) is 3.15. The molecule has 0 saturated heterocycles. The molecule has 0 atom stereocenters. The van der Waals surface area contributed by atoms with Gasteiger partial charge in [0, 0.05) is 26.9 Å². The van der Waals surface area contributed by atoms with Crippen molar-refractivity contribution in [2.75, 3.05) is 11.6 Å². The molecular formula is C14H17NS2. The lowest BCUT2D eigenvalue weighted by molar-refractivity contribution is 1.17. The number of para-hydroxylation sites is 1. The van der Waals surface area contributed by atoms with E-state index < -0.39 is 0 Å². The summed E-state index contributed by atoms with van der Waals surface area (Å²) in [6.07, 6.45) is 3.24. The summed E-state index contributed by atoms with van der Waals surface area (Å²) in [5, 5.41) is 3.51. The Bertz CT molecular complexity index is 477. The van der Waals surface area contributed by atoms with Gasteiger partial charge in [0.2, 0.25) is 0 Å². The van der Waals surface area contributed by atoms with E-state index in [0.29, 0.717) is 0 Å².